The summed E-state index contributed by atoms with van der Waals surface area (Å²) in [5.41, 5.74) is 6.76. The van der Waals surface area contributed by atoms with Gasteiger partial charge in [-0.3, -0.25) is 0 Å². The molecule has 0 amide bonds. The molecule has 1 rings (SSSR count). The van der Waals surface area contributed by atoms with Crippen molar-refractivity contribution in [2.75, 3.05) is 17.6 Å². The summed E-state index contributed by atoms with van der Waals surface area (Å²) in [6.07, 6.45) is 4.82. The third kappa shape index (κ3) is 4.68. The minimum absolute atomic E-state index is 0.286. The minimum Gasteiger partial charge on any atom is -0.399 e. The number of anilines is 2. The summed E-state index contributed by atoms with van der Waals surface area (Å²) in [6.45, 7) is 3.06. The molecule has 0 spiro atoms. The summed E-state index contributed by atoms with van der Waals surface area (Å²) < 4.78 is 12.9. The van der Waals surface area contributed by atoms with Crippen LogP contribution in [0.2, 0.25) is 0 Å². The lowest BCUT2D eigenvalue weighted by atomic mass is 10.2. The minimum atomic E-state index is -0.286. The van der Waals surface area contributed by atoms with Gasteiger partial charge in [0.25, 0.3) is 0 Å². The molecule has 0 heterocycles. The van der Waals surface area contributed by atoms with Gasteiger partial charge in [-0.25, -0.2) is 4.39 Å². The van der Waals surface area contributed by atoms with Crippen molar-refractivity contribution < 1.29 is 4.39 Å². The Hall–Kier alpha value is -1.25. The molecule has 1 aromatic carbocycles. The quantitative estimate of drug-likeness (QED) is 0.558. The Kier molecular flexibility index (Phi) is 4.95. The first-order valence-electron chi connectivity index (χ1n) is 5.52. The molecule has 0 aromatic heterocycles. The molecular formula is C12H19FN2. The number of hydrogen-bond donors (Lipinski definition) is 2. The molecule has 0 radical (unpaired) electrons. The van der Waals surface area contributed by atoms with Crippen LogP contribution in [-0.4, -0.2) is 6.54 Å². The fourth-order valence-corrected chi connectivity index (χ4v) is 1.50. The van der Waals surface area contributed by atoms with Crippen LogP contribution in [0.25, 0.3) is 0 Å². The Bertz CT molecular complexity index is 279. The number of nitrogens with two attached hydrogens (primary N) is 1. The second-order valence-electron chi connectivity index (χ2n) is 3.76. The first-order valence-corrected chi connectivity index (χ1v) is 5.52. The Labute approximate surface area is 90.7 Å². The van der Waals surface area contributed by atoms with E-state index in [0.717, 1.165) is 18.7 Å². The number of nitrogens with one attached hydrogen (secondary N) is 1. The summed E-state index contributed by atoms with van der Waals surface area (Å²) >= 11 is 0. The largest absolute Gasteiger partial charge is 0.399 e. The maximum absolute atomic E-state index is 12.9. The van der Waals surface area contributed by atoms with Gasteiger partial charge < -0.3 is 11.1 Å². The standard InChI is InChI=1S/C12H19FN2/c1-2-3-4-5-6-15-12-8-10(13)7-11(14)9-12/h7-9,15H,2-6,14H2,1H3. The zero-order valence-electron chi connectivity index (χ0n) is 9.22. The predicted molar refractivity (Wildman–Crippen MR) is 63.4 cm³/mol. The smallest absolute Gasteiger partial charge is 0.127 e. The normalized spacial score (nSPS) is 10.3. The van der Waals surface area contributed by atoms with Crippen LogP contribution in [0.1, 0.15) is 32.6 Å². The average Bonchev–Trinajstić information content (AvgIpc) is 2.16. The van der Waals surface area contributed by atoms with Crippen LogP contribution in [0, 0.1) is 5.82 Å². The van der Waals surface area contributed by atoms with Crippen LogP contribution in [0.4, 0.5) is 15.8 Å². The molecule has 0 atom stereocenters. The summed E-state index contributed by atoms with van der Waals surface area (Å²) in [7, 11) is 0. The van der Waals surface area contributed by atoms with Crippen molar-refractivity contribution in [1.29, 1.82) is 0 Å². The van der Waals surface area contributed by atoms with Crippen molar-refractivity contribution in [3.63, 3.8) is 0 Å². The van der Waals surface area contributed by atoms with Crippen LogP contribution in [0.15, 0.2) is 18.2 Å². The van der Waals surface area contributed by atoms with Crippen molar-refractivity contribution in [3.05, 3.63) is 24.0 Å². The topological polar surface area (TPSA) is 38.0 Å². The number of hydrogen-bond acceptors (Lipinski definition) is 2. The lowest BCUT2D eigenvalue weighted by Crippen LogP contribution is -2.02. The molecular weight excluding hydrogens is 191 g/mol. The van der Waals surface area contributed by atoms with E-state index in [2.05, 4.69) is 12.2 Å². The summed E-state index contributed by atoms with van der Waals surface area (Å²) in [5, 5.41) is 3.17. The molecule has 3 heteroatoms. The van der Waals surface area contributed by atoms with Crippen molar-refractivity contribution >= 4 is 11.4 Å². The van der Waals surface area contributed by atoms with Gasteiger partial charge in [0.1, 0.15) is 5.82 Å². The van der Waals surface area contributed by atoms with Gasteiger partial charge >= 0.3 is 0 Å². The van der Waals surface area contributed by atoms with Gasteiger partial charge in [-0.15, -0.1) is 0 Å². The van der Waals surface area contributed by atoms with Crippen LogP contribution >= 0.6 is 0 Å². The molecule has 0 fully saturated rings. The van der Waals surface area contributed by atoms with Crippen molar-refractivity contribution in [2.45, 2.75) is 32.6 Å². The van der Waals surface area contributed by atoms with Crippen LogP contribution in [0.3, 0.4) is 0 Å². The zero-order chi connectivity index (χ0) is 11.1. The van der Waals surface area contributed by atoms with Gasteiger partial charge in [0, 0.05) is 17.9 Å². The lowest BCUT2D eigenvalue weighted by Gasteiger charge is -2.07. The molecule has 0 unspecified atom stereocenters. The van der Waals surface area contributed by atoms with Gasteiger partial charge in [0.05, 0.1) is 0 Å². The molecule has 0 aliphatic carbocycles. The van der Waals surface area contributed by atoms with E-state index in [9.17, 15) is 4.39 Å². The first kappa shape index (κ1) is 11.8. The second kappa shape index (κ2) is 6.27. The monoisotopic (exact) mass is 210 g/mol. The van der Waals surface area contributed by atoms with Crippen LogP contribution in [0.5, 0.6) is 0 Å². The maximum Gasteiger partial charge on any atom is 0.127 e. The summed E-state index contributed by atoms with van der Waals surface area (Å²) in [6, 6.07) is 4.54. The van der Waals surface area contributed by atoms with Crippen LogP contribution in [-0.2, 0) is 0 Å². The van der Waals surface area contributed by atoms with E-state index >= 15 is 0 Å². The molecule has 1 aromatic rings. The molecule has 84 valence electrons. The predicted octanol–water partition coefficient (Wildman–Crippen LogP) is 3.40. The number of benzene rings is 1. The van der Waals surface area contributed by atoms with Gasteiger partial charge in [-0.05, 0) is 24.6 Å². The second-order valence-corrected chi connectivity index (χ2v) is 3.76. The van der Waals surface area contributed by atoms with E-state index in [4.69, 9.17) is 5.73 Å². The van der Waals surface area contributed by atoms with Crippen molar-refractivity contribution in [2.24, 2.45) is 0 Å². The van der Waals surface area contributed by atoms with Gasteiger partial charge in [-0.2, -0.15) is 0 Å². The highest BCUT2D eigenvalue weighted by Gasteiger charge is 1.97. The highest BCUT2D eigenvalue weighted by Crippen LogP contribution is 2.15. The molecule has 15 heavy (non-hydrogen) atoms. The molecule has 3 N–H and O–H groups in total. The summed E-state index contributed by atoms with van der Waals surface area (Å²) in [4.78, 5) is 0. The van der Waals surface area contributed by atoms with Gasteiger partial charge in [0.15, 0.2) is 0 Å². The van der Waals surface area contributed by atoms with E-state index in [-0.39, 0.29) is 5.82 Å². The number of nitrogen functional groups attached to an aromatic ring is 1. The molecule has 0 saturated carbocycles. The van der Waals surface area contributed by atoms with Crippen LogP contribution < -0.4 is 11.1 Å². The van der Waals surface area contributed by atoms with Crippen molar-refractivity contribution in [1.82, 2.24) is 0 Å². The molecule has 0 aliphatic heterocycles. The van der Waals surface area contributed by atoms with E-state index in [1.54, 1.807) is 6.07 Å². The lowest BCUT2D eigenvalue weighted by molar-refractivity contribution is 0.628. The van der Waals surface area contributed by atoms with Crippen molar-refractivity contribution in [3.8, 4) is 0 Å². The highest BCUT2D eigenvalue weighted by molar-refractivity contribution is 5.54. The van der Waals surface area contributed by atoms with Gasteiger partial charge in [0.2, 0.25) is 0 Å². The van der Waals surface area contributed by atoms with Gasteiger partial charge in [-0.1, -0.05) is 26.2 Å². The first-order chi connectivity index (χ1) is 7.22. The maximum atomic E-state index is 12.9. The molecule has 0 bridgehead atoms. The Morgan fingerprint density at radius 3 is 2.67 bits per heavy atom. The van der Waals surface area contributed by atoms with E-state index in [1.807, 2.05) is 0 Å². The molecule has 0 saturated heterocycles. The summed E-state index contributed by atoms with van der Waals surface area (Å²) in [5.74, 6) is -0.286. The fourth-order valence-electron chi connectivity index (χ4n) is 1.50. The van der Waals surface area contributed by atoms with E-state index in [1.165, 1.54) is 31.4 Å². The number of unbranched alkanes of at least 4 members (excludes halogenated alkanes) is 3. The number of rotatable bonds is 6. The third-order valence-corrected chi connectivity index (χ3v) is 2.28. The molecule has 0 aliphatic rings. The highest BCUT2D eigenvalue weighted by atomic mass is 19.1. The average molecular weight is 210 g/mol. The Balaban J connectivity index is 2.31. The SMILES string of the molecule is CCCCCCNc1cc(N)cc(F)c1. The zero-order valence-corrected chi connectivity index (χ0v) is 9.22. The Morgan fingerprint density at radius 2 is 2.00 bits per heavy atom. The van der Waals surface area contributed by atoms with E-state index < -0.39 is 0 Å². The van der Waals surface area contributed by atoms with E-state index in [0.29, 0.717) is 5.69 Å². The number of halogens is 1. The molecule has 2 nitrogen and oxygen atoms in total. The fraction of sp³-hybridized carbons (Fsp3) is 0.500. The third-order valence-electron chi connectivity index (χ3n) is 2.28. The Morgan fingerprint density at radius 1 is 1.20 bits per heavy atom.